The van der Waals surface area contributed by atoms with Crippen LogP contribution < -0.4 is 10.5 Å². The summed E-state index contributed by atoms with van der Waals surface area (Å²) in [5.41, 5.74) is 6.81. The third-order valence-corrected chi connectivity index (χ3v) is 4.63. The van der Waals surface area contributed by atoms with E-state index < -0.39 is 0 Å². The van der Waals surface area contributed by atoms with E-state index in [1.165, 1.54) is 24.6 Å². The van der Waals surface area contributed by atoms with Gasteiger partial charge in [-0.25, -0.2) is 0 Å². The molecule has 1 saturated heterocycles. The highest BCUT2D eigenvalue weighted by Gasteiger charge is 2.10. The molecular weight excluding hydrogens is 268 g/mol. The molecule has 0 amide bonds. The molecule has 0 atom stereocenters. The van der Waals surface area contributed by atoms with Crippen LogP contribution >= 0.6 is 11.8 Å². The minimum absolute atomic E-state index is 0.735. The predicted molar refractivity (Wildman–Crippen MR) is 87.6 cm³/mol. The molecule has 1 heterocycles. The molecule has 2 aromatic rings. The Hall–Kier alpha value is -1.39. The van der Waals surface area contributed by atoms with E-state index in [0.717, 1.165) is 35.4 Å². The van der Waals surface area contributed by atoms with Gasteiger partial charge in [0.15, 0.2) is 0 Å². The van der Waals surface area contributed by atoms with E-state index >= 15 is 0 Å². The van der Waals surface area contributed by atoms with Crippen LogP contribution in [0.4, 0.5) is 5.69 Å². The van der Waals surface area contributed by atoms with Gasteiger partial charge in [0.25, 0.3) is 0 Å². The van der Waals surface area contributed by atoms with E-state index in [1.807, 2.05) is 42.1 Å². The fourth-order valence-electron chi connectivity index (χ4n) is 2.53. The zero-order valence-corrected chi connectivity index (χ0v) is 12.4. The summed E-state index contributed by atoms with van der Waals surface area (Å²) in [7, 11) is 0. The van der Waals surface area contributed by atoms with Crippen molar-refractivity contribution < 1.29 is 4.74 Å². The summed E-state index contributed by atoms with van der Waals surface area (Å²) in [5, 5.41) is 2.17. The molecule has 4 heteroatoms. The van der Waals surface area contributed by atoms with Crippen molar-refractivity contribution in [1.82, 2.24) is 4.90 Å². The van der Waals surface area contributed by atoms with Crippen molar-refractivity contribution >= 4 is 28.2 Å². The van der Waals surface area contributed by atoms with Crippen molar-refractivity contribution in [2.75, 3.05) is 43.5 Å². The summed E-state index contributed by atoms with van der Waals surface area (Å²) in [6.07, 6.45) is 0. The molecule has 1 fully saturated rings. The number of ether oxygens (including phenoxy) is 1. The van der Waals surface area contributed by atoms with Crippen LogP contribution in [0.3, 0.4) is 0 Å². The number of hydrogen-bond donors (Lipinski definition) is 1. The summed E-state index contributed by atoms with van der Waals surface area (Å²) in [6.45, 7) is 4.09. The molecule has 2 aromatic carbocycles. The molecule has 0 aliphatic carbocycles. The lowest BCUT2D eigenvalue weighted by molar-refractivity contribution is 0.224. The Morgan fingerprint density at radius 1 is 1.05 bits per heavy atom. The Morgan fingerprint density at radius 2 is 1.80 bits per heavy atom. The first-order valence-electron chi connectivity index (χ1n) is 7.05. The molecule has 0 saturated carbocycles. The van der Waals surface area contributed by atoms with Gasteiger partial charge in [-0.3, -0.25) is 4.90 Å². The summed E-state index contributed by atoms with van der Waals surface area (Å²) < 4.78 is 5.97. The summed E-state index contributed by atoms with van der Waals surface area (Å²) in [5.74, 6) is 3.41. The molecule has 3 nitrogen and oxygen atoms in total. The summed E-state index contributed by atoms with van der Waals surface area (Å²) >= 11 is 2.04. The largest absolute Gasteiger partial charge is 0.492 e. The Bertz CT molecular complexity index is 582. The maximum Gasteiger partial charge on any atom is 0.127 e. The number of anilines is 1. The first-order valence-corrected chi connectivity index (χ1v) is 8.20. The minimum Gasteiger partial charge on any atom is -0.492 e. The van der Waals surface area contributed by atoms with E-state index in [9.17, 15) is 0 Å². The molecular formula is C16H20N2OS. The lowest BCUT2D eigenvalue weighted by Gasteiger charge is -2.26. The predicted octanol–water partition coefficient (Wildman–Crippen LogP) is 2.85. The molecule has 0 radical (unpaired) electrons. The Balaban J connectivity index is 1.67. The molecule has 106 valence electrons. The molecule has 0 aromatic heterocycles. The van der Waals surface area contributed by atoms with Crippen LogP contribution in [-0.2, 0) is 0 Å². The number of hydrogen-bond acceptors (Lipinski definition) is 4. The van der Waals surface area contributed by atoms with E-state index in [2.05, 4.69) is 11.0 Å². The number of nitrogens with two attached hydrogens (primary N) is 1. The molecule has 3 rings (SSSR count). The zero-order valence-electron chi connectivity index (χ0n) is 11.5. The number of fused-ring (bicyclic) bond motifs is 1. The number of nitrogens with zero attached hydrogens (tertiary/aromatic N) is 1. The molecule has 0 unspecified atom stereocenters. The third kappa shape index (κ3) is 3.02. The van der Waals surface area contributed by atoms with E-state index in [4.69, 9.17) is 10.5 Å². The maximum absolute atomic E-state index is 6.00. The van der Waals surface area contributed by atoms with Crippen LogP contribution in [0, 0.1) is 0 Å². The van der Waals surface area contributed by atoms with Gasteiger partial charge in [0.1, 0.15) is 12.4 Å². The number of benzene rings is 2. The van der Waals surface area contributed by atoms with Crippen molar-refractivity contribution in [2.45, 2.75) is 0 Å². The second kappa shape index (κ2) is 6.37. The van der Waals surface area contributed by atoms with Gasteiger partial charge < -0.3 is 10.5 Å². The lowest BCUT2D eigenvalue weighted by atomic mass is 10.1. The van der Waals surface area contributed by atoms with E-state index in [0.29, 0.717) is 0 Å². The molecule has 2 N–H and O–H groups in total. The summed E-state index contributed by atoms with van der Waals surface area (Å²) in [4.78, 5) is 2.47. The second-order valence-electron chi connectivity index (χ2n) is 5.00. The average Bonchev–Trinajstić information content (AvgIpc) is 2.51. The van der Waals surface area contributed by atoms with Gasteiger partial charge >= 0.3 is 0 Å². The Morgan fingerprint density at radius 3 is 2.60 bits per heavy atom. The SMILES string of the molecule is Nc1ccc(OCCN2CCSCC2)c2ccccc12. The fourth-order valence-corrected chi connectivity index (χ4v) is 3.51. The number of thioether (sulfide) groups is 1. The second-order valence-corrected chi connectivity index (χ2v) is 6.23. The monoisotopic (exact) mass is 288 g/mol. The topological polar surface area (TPSA) is 38.5 Å². The van der Waals surface area contributed by atoms with Crippen molar-refractivity contribution in [2.24, 2.45) is 0 Å². The van der Waals surface area contributed by atoms with E-state index in [1.54, 1.807) is 0 Å². The van der Waals surface area contributed by atoms with Gasteiger partial charge in [-0.2, -0.15) is 11.8 Å². The number of nitrogen functional groups attached to an aromatic ring is 1. The lowest BCUT2D eigenvalue weighted by Crippen LogP contribution is -2.35. The minimum atomic E-state index is 0.735. The van der Waals surface area contributed by atoms with Gasteiger partial charge in [0.05, 0.1) is 0 Å². The van der Waals surface area contributed by atoms with Crippen LogP contribution in [0.5, 0.6) is 5.75 Å². The maximum atomic E-state index is 6.00. The van der Waals surface area contributed by atoms with Gasteiger partial charge in [0, 0.05) is 47.6 Å². The van der Waals surface area contributed by atoms with Crippen LogP contribution in [0.15, 0.2) is 36.4 Å². The van der Waals surface area contributed by atoms with Crippen LogP contribution in [-0.4, -0.2) is 42.6 Å². The Kier molecular flexibility index (Phi) is 4.33. The molecule has 0 bridgehead atoms. The quantitative estimate of drug-likeness (QED) is 0.878. The van der Waals surface area contributed by atoms with E-state index in [-0.39, 0.29) is 0 Å². The molecule has 20 heavy (non-hydrogen) atoms. The van der Waals surface area contributed by atoms with Crippen molar-refractivity contribution in [3.8, 4) is 5.75 Å². The highest BCUT2D eigenvalue weighted by molar-refractivity contribution is 7.99. The standard InChI is InChI=1S/C16H20N2OS/c17-15-5-6-16(14-4-2-1-3-13(14)15)19-10-7-18-8-11-20-12-9-18/h1-6H,7-12,17H2. The van der Waals surface area contributed by atoms with Crippen LogP contribution in [0.2, 0.25) is 0 Å². The first-order chi connectivity index (χ1) is 9.84. The average molecular weight is 288 g/mol. The molecule has 0 spiro atoms. The number of rotatable bonds is 4. The van der Waals surface area contributed by atoms with Gasteiger partial charge in [-0.15, -0.1) is 0 Å². The smallest absolute Gasteiger partial charge is 0.127 e. The highest BCUT2D eigenvalue weighted by Crippen LogP contribution is 2.29. The highest BCUT2D eigenvalue weighted by atomic mass is 32.2. The van der Waals surface area contributed by atoms with Crippen LogP contribution in [0.25, 0.3) is 10.8 Å². The molecule has 1 aliphatic rings. The van der Waals surface area contributed by atoms with Crippen molar-refractivity contribution in [1.29, 1.82) is 0 Å². The molecule has 1 aliphatic heterocycles. The normalized spacial score (nSPS) is 16.4. The van der Waals surface area contributed by atoms with Gasteiger partial charge in [-0.1, -0.05) is 24.3 Å². The first kappa shape index (κ1) is 13.6. The Labute approximate surface area is 124 Å². The van der Waals surface area contributed by atoms with Crippen molar-refractivity contribution in [3.05, 3.63) is 36.4 Å². The van der Waals surface area contributed by atoms with Gasteiger partial charge in [0.2, 0.25) is 0 Å². The van der Waals surface area contributed by atoms with Crippen LogP contribution in [0.1, 0.15) is 0 Å². The van der Waals surface area contributed by atoms with Crippen molar-refractivity contribution in [3.63, 3.8) is 0 Å². The summed E-state index contributed by atoms with van der Waals surface area (Å²) in [6, 6.07) is 12.0. The fraction of sp³-hybridized carbons (Fsp3) is 0.375. The zero-order chi connectivity index (χ0) is 13.8. The third-order valence-electron chi connectivity index (χ3n) is 3.69. The van der Waals surface area contributed by atoms with Gasteiger partial charge in [-0.05, 0) is 12.1 Å².